The highest BCUT2D eigenvalue weighted by molar-refractivity contribution is 5.95. The van der Waals surface area contributed by atoms with E-state index in [-0.39, 0.29) is 18.9 Å². The Morgan fingerprint density at radius 3 is 2.15 bits per heavy atom. The van der Waals surface area contributed by atoms with Gasteiger partial charge >= 0.3 is 18.1 Å². The summed E-state index contributed by atoms with van der Waals surface area (Å²) >= 11 is 0. The lowest BCUT2D eigenvalue weighted by molar-refractivity contribution is -0.148. The summed E-state index contributed by atoms with van der Waals surface area (Å²) in [6, 6.07) is 10.3. The molecule has 0 aromatic heterocycles. The minimum atomic E-state index is -4.66. The zero-order chi connectivity index (χ0) is 25.3. The Balaban J connectivity index is 1.75. The second-order valence-electron chi connectivity index (χ2n) is 7.33. The summed E-state index contributed by atoms with van der Waals surface area (Å²) in [4.78, 5) is 47.4. The van der Waals surface area contributed by atoms with E-state index in [1.807, 2.05) is 5.32 Å². The molecular weight excluding hydrogens is 457 g/mol. The van der Waals surface area contributed by atoms with E-state index in [2.05, 4.69) is 5.32 Å². The van der Waals surface area contributed by atoms with Crippen LogP contribution in [0.1, 0.15) is 42.6 Å². The maximum absolute atomic E-state index is 13.0. The van der Waals surface area contributed by atoms with Gasteiger partial charge < -0.3 is 20.1 Å². The zero-order valence-electron chi connectivity index (χ0n) is 18.4. The van der Waals surface area contributed by atoms with Crippen LogP contribution >= 0.6 is 0 Å². The minimum Gasteiger partial charge on any atom is -0.459 e. The van der Waals surface area contributed by atoms with Crippen molar-refractivity contribution >= 4 is 35.1 Å². The standard InChI is InChI=1S/C23H23F3N2O6/c1-14(2)34-22(32)15-7-9-16(10-8-15)27-19(29)11-12-21(31)33-13-20(30)28-18-6-4-3-5-17(18)23(24,25)26/h3-10,14H,11-13H2,1-2H3,(H,27,29)(H,28,30). The molecule has 8 nitrogen and oxygen atoms in total. The van der Waals surface area contributed by atoms with E-state index in [1.54, 1.807) is 13.8 Å². The van der Waals surface area contributed by atoms with Gasteiger partial charge in [0.15, 0.2) is 6.61 Å². The van der Waals surface area contributed by atoms with Gasteiger partial charge in [0.1, 0.15) is 0 Å². The second-order valence-corrected chi connectivity index (χ2v) is 7.33. The third-order valence-electron chi connectivity index (χ3n) is 4.17. The molecule has 0 saturated heterocycles. The number of esters is 2. The van der Waals surface area contributed by atoms with Crippen LogP contribution in [0.2, 0.25) is 0 Å². The number of amides is 2. The lowest BCUT2D eigenvalue weighted by atomic mass is 10.1. The van der Waals surface area contributed by atoms with Crippen LogP contribution in [0.3, 0.4) is 0 Å². The van der Waals surface area contributed by atoms with Gasteiger partial charge in [0.25, 0.3) is 5.91 Å². The van der Waals surface area contributed by atoms with Gasteiger partial charge in [-0.15, -0.1) is 0 Å². The lowest BCUT2D eigenvalue weighted by Crippen LogP contribution is -2.23. The predicted molar refractivity (Wildman–Crippen MR) is 116 cm³/mol. The summed E-state index contributed by atoms with van der Waals surface area (Å²) in [5.74, 6) is -2.84. The first-order chi connectivity index (χ1) is 16.0. The highest BCUT2D eigenvalue weighted by Crippen LogP contribution is 2.34. The number of nitrogens with one attached hydrogen (secondary N) is 2. The topological polar surface area (TPSA) is 111 Å². The first-order valence-electron chi connectivity index (χ1n) is 10.2. The van der Waals surface area contributed by atoms with E-state index in [0.29, 0.717) is 11.3 Å². The number of anilines is 2. The highest BCUT2D eigenvalue weighted by Gasteiger charge is 2.33. The molecule has 0 unspecified atom stereocenters. The molecule has 0 aliphatic rings. The number of para-hydroxylation sites is 1. The maximum Gasteiger partial charge on any atom is 0.418 e. The minimum absolute atomic E-state index is 0.255. The van der Waals surface area contributed by atoms with E-state index >= 15 is 0 Å². The van der Waals surface area contributed by atoms with Crippen LogP contribution in [0, 0.1) is 0 Å². The Morgan fingerprint density at radius 2 is 1.53 bits per heavy atom. The molecule has 0 saturated carbocycles. The van der Waals surface area contributed by atoms with Crippen LogP contribution in [-0.2, 0) is 30.0 Å². The van der Waals surface area contributed by atoms with Crippen molar-refractivity contribution in [1.82, 2.24) is 0 Å². The van der Waals surface area contributed by atoms with Crippen LogP contribution < -0.4 is 10.6 Å². The van der Waals surface area contributed by atoms with Gasteiger partial charge in [0.2, 0.25) is 5.91 Å². The van der Waals surface area contributed by atoms with Gasteiger partial charge in [-0.2, -0.15) is 13.2 Å². The molecule has 11 heteroatoms. The van der Waals surface area contributed by atoms with E-state index in [9.17, 15) is 32.3 Å². The van der Waals surface area contributed by atoms with E-state index < -0.39 is 47.8 Å². The normalized spacial score (nSPS) is 11.0. The molecule has 182 valence electrons. The summed E-state index contributed by atoms with van der Waals surface area (Å²) in [5.41, 5.74) is -0.788. The molecule has 34 heavy (non-hydrogen) atoms. The van der Waals surface area contributed by atoms with Crippen LogP contribution in [0.5, 0.6) is 0 Å². The van der Waals surface area contributed by atoms with E-state index in [4.69, 9.17) is 9.47 Å². The number of benzene rings is 2. The number of rotatable bonds is 9. The molecule has 0 aliphatic carbocycles. The smallest absolute Gasteiger partial charge is 0.418 e. The maximum atomic E-state index is 13.0. The van der Waals surface area contributed by atoms with E-state index in [0.717, 1.165) is 12.1 Å². The number of carbonyl (C=O) groups is 4. The van der Waals surface area contributed by atoms with Crippen LogP contribution in [-0.4, -0.2) is 36.5 Å². The Labute approximate surface area is 193 Å². The van der Waals surface area contributed by atoms with Crippen molar-refractivity contribution in [1.29, 1.82) is 0 Å². The Morgan fingerprint density at radius 1 is 0.882 bits per heavy atom. The average Bonchev–Trinajstić information content (AvgIpc) is 2.76. The van der Waals surface area contributed by atoms with Crippen LogP contribution in [0.25, 0.3) is 0 Å². The zero-order valence-corrected chi connectivity index (χ0v) is 18.4. The Kier molecular flexibility index (Phi) is 9.17. The van der Waals surface area contributed by atoms with Crippen molar-refractivity contribution in [3.63, 3.8) is 0 Å². The number of ether oxygens (including phenoxy) is 2. The third-order valence-corrected chi connectivity index (χ3v) is 4.17. The molecule has 0 atom stereocenters. The average molecular weight is 480 g/mol. The molecule has 0 radical (unpaired) electrons. The molecule has 2 aromatic rings. The summed E-state index contributed by atoms with van der Waals surface area (Å²) in [7, 11) is 0. The molecule has 2 aromatic carbocycles. The summed E-state index contributed by atoms with van der Waals surface area (Å²) < 4.78 is 48.6. The van der Waals surface area contributed by atoms with Gasteiger partial charge in [-0.1, -0.05) is 12.1 Å². The third kappa shape index (κ3) is 8.57. The first-order valence-corrected chi connectivity index (χ1v) is 10.2. The molecule has 0 fully saturated rings. The first kappa shape index (κ1) is 26.4. The Bertz CT molecular complexity index is 1040. The van der Waals surface area contributed by atoms with E-state index in [1.165, 1.54) is 36.4 Å². The molecular formula is C23H23F3N2O6. The fourth-order valence-electron chi connectivity index (χ4n) is 2.65. The quantitative estimate of drug-likeness (QED) is 0.521. The number of hydrogen-bond donors (Lipinski definition) is 2. The molecule has 0 spiro atoms. The molecule has 0 bridgehead atoms. The van der Waals surface area contributed by atoms with Crippen molar-refractivity contribution in [2.75, 3.05) is 17.2 Å². The summed E-state index contributed by atoms with van der Waals surface area (Å²) in [5, 5.41) is 4.58. The lowest BCUT2D eigenvalue weighted by Gasteiger charge is -2.13. The molecule has 2 rings (SSSR count). The van der Waals surface area contributed by atoms with Crippen molar-refractivity contribution < 1.29 is 41.8 Å². The summed E-state index contributed by atoms with van der Waals surface area (Å²) in [6.07, 6.45) is -5.54. The second kappa shape index (κ2) is 11.8. The molecule has 0 heterocycles. The fraction of sp³-hybridized carbons (Fsp3) is 0.304. The highest BCUT2D eigenvalue weighted by atomic mass is 19.4. The van der Waals surface area contributed by atoms with Gasteiger partial charge in [0, 0.05) is 12.1 Å². The summed E-state index contributed by atoms with van der Waals surface area (Å²) in [6.45, 7) is 2.63. The number of halogens is 3. The monoisotopic (exact) mass is 480 g/mol. The molecule has 0 aliphatic heterocycles. The van der Waals surface area contributed by atoms with Gasteiger partial charge in [-0.25, -0.2) is 4.79 Å². The Hall–Kier alpha value is -3.89. The fourth-order valence-corrected chi connectivity index (χ4v) is 2.65. The van der Waals surface area contributed by atoms with Crippen LogP contribution in [0.4, 0.5) is 24.5 Å². The van der Waals surface area contributed by atoms with Crippen molar-refractivity contribution in [3.8, 4) is 0 Å². The van der Waals surface area contributed by atoms with Crippen molar-refractivity contribution in [2.24, 2.45) is 0 Å². The predicted octanol–water partition coefficient (Wildman–Crippen LogP) is 4.17. The van der Waals surface area contributed by atoms with Gasteiger partial charge in [-0.05, 0) is 50.2 Å². The van der Waals surface area contributed by atoms with Gasteiger partial charge in [0.05, 0.1) is 29.3 Å². The largest absolute Gasteiger partial charge is 0.459 e. The van der Waals surface area contributed by atoms with Crippen molar-refractivity contribution in [3.05, 3.63) is 59.7 Å². The molecule has 2 N–H and O–H groups in total. The van der Waals surface area contributed by atoms with Gasteiger partial charge in [-0.3, -0.25) is 14.4 Å². The number of alkyl halides is 3. The van der Waals surface area contributed by atoms with Crippen LogP contribution in [0.15, 0.2) is 48.5 Å². The molecule has 2 amide bonds. The van der Waals surface area contributed by atoms with Crippen molar-refractivity contribution in [2.45, 2.75) is 39.0 Å². The number of carbonyl (C=O) groups excluding carboxylic acids is 4. The number of hydrogen-bond acceptors (Lipinski definition) is 6. The SMILES string of the molecule is CC(C)OC(=O)c1ccc(NC(=O)CCC(=O)OCC(=O)Nc2ccccc2C(F)(F)F)cc1.